The summed E-state index contributed by atoms with van der Waals surface area (Å²) in [5.41, 5.74) is 1.38. The van der Waals surface area contributed by atoms with Crippen molar-refractivity contribution >= 4 is 21.6 Å². The van der Waals surface area contributed by atoms with Crippen LogP contribution in [0.1, 0.15) is 18.9 Å². The van der Waals surface area contributed by atoms with Gasteiger partial charge < -0.3 is 0 Å². The molecular weight excluding hydrogens is 190 g/mol. The third-order valence-electron chi connectivity index (χ3n) is 2.34. The SMILES string of the molecule is Cc1sc2ccccc2[n+]1CC(C)C. The van der Waals surface area contributed by atoms with E-state index in [0.717, 1.165) is 6.54 Å². The molecule has 2 heteroatoms. The predicted molar refractivity (Wildman–Crippen MR) is 61.6 cm³/mol. The molecule has 0 aliphatic rings. The Balaban J connectivity index is 2.56. The highest BCUT2D eigenvalue weighted by molar-refractivity contribution is 7.18. The van der Waals surface area contributed by atoms with Crippen molar-refractivity contribution in [2.45, 2.75) is 27.3 Å². The average Bonchev–Trinajstić information content (AvgIpc) is 2.43. The predicted octanol–water partition coefficient (Wildman–Crippen LogP) is 3.15. The zero-order valence-electron chi connectivity index (χ0n) is 8.95. The van der Waals surface area contributed by atoms with Crippen molar-refractivity contribution in [2.75, 3.05) is 0 Å². The number of nitrogens with zero attached hydrogens (tertiary/aromatic N) is 1. The van der Waals surface area contributed by atoms with Crippen molar-refractivity contribution in [3.8, 4) is 0 Å². The third-order valence-corrected chi connectivity index (χ3v) is 3.42. The maximum atomic E-state index is 2.42. The molecule has 1 nitrogen and oxygen atoms in total. The fourth-order valence-electron chi connectivity index (χ4n) is 1.74. The summed E-state index contributed by atoms with van der Waals surface area (Å²) in [7, 11) is 0. The van der Waals surface area contributed by atoms with Gasteiger partial charge in [0.2, 0.25) is 10.5 Å². The Labute approximate surface area is 89.0 Å². The Morgan fingerprint density at radius 1 is 1.29 bits per heavy atom. The van der Waals surface area contributed by atoms with Gasteiger partial charge in [0.1, 0.15) is 4.70 Å². The number of hydrogen-bond acceptors (Lipinski definition) is 1. The number of fused-ring (bicyclic) bond motifs is 1. The first-order valence-corrected chi connectivity index (χ1v) is 5.88. The van der Waals surface area contributed by atoms with Crippen molar-refractivity contribution in [1.29, 1.82) is 0 Å². The van der Waals surface area contributed by atoms with Gasteiger partial charge in [0.25, 0.3) is 0 Å². The Hall–Kier alpha value is -0.890. The van der Waals surface area contributed by atoms with Crippen LogP contribution in [0, 0.1) is 12.8 Å². The monoisotopic (exact) mass is 206 g/mol. The molecule has 0 unspecified atom stereocenters. The van der Waals surface area contributed by atoms with Gasteiger partial charge in [0.05, 0.1) is 0 Å². The number of aromatic nitrogens is 1. The van der Waals surface area contributed by atoms with E-state index in [1.54, 1.807) is 0 Å². The first-order valence-electron chi connectivity index (χ1n) is 5.06. The zero-order valence-corrected chi connectivity index (χ0v) is 9.77. The Morgan fingerprint density at radius 3 is 2.71 bits per heavy atom. The Kier molecular flexibility index (Phi) is 2.55. The molecule has 0 saturated carbocycles. The van der Waals surface area contributed by atoms with Crippen LogP contribution in [0.15, 0.2) is 24.3 Å². The lowest BCUT2D eigenvalue weighted by molar-refractivity contribution is -0.678. The van der Waals surface area contributed by atoms with Gasteiger partial charge >= 0.3 is 0 Å². The molecule has 1 heterocycles. The second-order valence-corrected chi connectivity index (χ2v) is 5.33. The van der Waals surface area contributed by atoms with Crippen molar-refractivity contribution in [3.63, 3.8) is 0 Å². The molecule has 0 spiro atoms. The second-order valence-electron chi connectivity index (χ2n) is 4.09. The van der Waals surface area contributed by atoms with Gasteiger partial charge in [-0.15, -0.1) is 0 Å². The summed E-state index contributed by atoms with van der Waals surface area (Å²) >= 11 is 1.88. The molecule has 1 aromatic heterocycles. The highest BCUT2D eigenvalue weighted by Crippen LogP contribution is 2.19. The summed E-state index contributed by atoms with van der Waals surface area (Å²) in [5.74, 6) is 0.705. The normalized spacial score (nSPS) is 11.4. The van der Waals surface area contributed by atoms with Gasteiger partial charge in [0.15, 0.2) is 6.54 Å². The van der Waals surface area contributed by atoms with Crippen molar-refractivity contribution in [3.05, 3.63) is 29.3 Å². The Bertz CT molecular complexity index is 443. The number of hydrogen-bond donors (Lipinski definition) is 0. The molecule has 0 aliphatic carbocycles. The molecule has 0 saturated heterocycles. The lowest BCUT2D eigenvalue weighted by Gasteiger charge is -1.99. The molecule has 0 radical (unpaired) electrons. The minimum atomic E-state index is 0.705. The van der Waals surface area contributed by atoms with E-state index in [0.29, 0.717) is 5.92 Å². The van der Waals surface area contributed by atoms with E-state index in [1.165, 1.54) is 15.2 Å². The van der Waals surface area contributed by atoms with Crippen LogP contribution in [0.2, 0.25) is 0 Å². The summed E-state index contributed by atoms with van der Waals surface area (Å²) in [4.78, 5) is 0. The minimum absolute atomic E-state index is 0.705. The van der Waals surface area contributed by atoms with Crippen molar-refractivity contribution in [1.82, 2.24) is 0 Å². The molecule has 2 aromatic rings. The largest absolute Gasteiger partial charge is 0.235 e. The van der Waals surface area contributed by atoms with Crippen LogP contribution < -0.4 is 4.57 Å². The highest BCUT2D eigenvalue weighted by Gasteiger charge is 2.16. The Morgan fingerprint density at radius 2 is 2.00 bits per heavy atom. The van der Waals surface area contributed by atoms with Gasteiger partial charge in [-0.2, -0.15) is 4.57 Å². The van der Waals surface area contributed by atoms with E-state index in [4.69, 9.17) is 0 Å². The average molecular weight is 206 g/mol. The summed E-state index contributed by atoms with van der Waals surface area (Å²) in [5, 5.41) is 1.40. The van der Waals surface area contributed by atoms with Gasteiger partial charge in [-0.3, -0.25) is 0 Å². The standard InChI is InChI=1S/C12H16NS/c1-9(2)8-13-10(3)14-12-7-5-4-6-11(12)13/h4-7,9H,8H2,1-3H3/q+1. The second kappa shape index (κ2) is 3.70. The molecule has 74 valence electrons. The number of benzene rings is 1. The van der Waals surface area contributed by atoms with Crippen LogP contribution in [-0.4, -0.2) is 0 Å². The number of aryl methyl sites for hydroxylation is 1. The summed E-state index contributed by atoms with van der Waals surface area (Å²) in [6, 6.07) is 8.63. The van der Waals surface area contributed by atoms with Gasteiger partial charge in [-0.25, -0.2) is 0 Å². The van der Waals surface area contributed by atoms with E-state index in [1.807, 2.05) is 11.3 Å². The maximum Gasteiger partial charge on any atom is 0.235 e. The van der Waals surface area contributed by atoms with Crippen molar-refractivity contribution in [2.24, 2.45) is 5.92 Å². The quantitative estimate of drug-likeness (QED) is 0.665. The molecular formula is C12H16NS+. The molecule has 2 rings (SSSR count). The van der Waals surface area contributed by atoms with Crippen molar-refractivity contribution < 1.29 is 4.57 Å². The van der Waals surface area contributed by atoms with Crippen LogP contribution in [-0.2, 0) is 6.54 Å². The molecule has 14 heavy (non-hydrogen) atoms. The molecule has 0 atom stereocenters. The molecule has 0 bridgehead atoms. The zero-order chi connectivity index (χ0) is 10.1. The fraction of sp³-hybridized carbons (Fsp3) is 0.417. The van der Waals surface area contributed by atoms with Crippen LogP contribution in [0.25, 0.3) is 10.2 Å². The topological polar surface area (TPSA) is 3.88 Å². The smallest absolute Gasteiger partial charge is 0.186 e. The number of thiazole rings is 1. The first-order chi connectivity index (χ1) is 6.68. The summed E-state index contributed by atoms with van der Waals surface area (Å²) in [6.45, 7) is 7.85. The van der Waals surface area contributed by atoms with E-state index in [-0.39, 0.29) is 0 Å². The van der Waals surface area contributed by atoms with E-state index >= 15 is 0 Å². The molecule has 1 aromatic carbocycles. The molecule has 0 N–H and O–H groups in total. The van der Waals surface area contributed by atoms with Crippen LogP contribution in [0.5, 0.6) is 0 Å². The fourth-order valence-corrected chi connectivity index (χ4v) is 2.77. The van der Waals surface area contributed by atoms with E-state index in [2.05, 4.69) is 49.6 Å². The lowest BCUT2D eigenvalue weighted by atomic mass is 10.2. The minimum Gasteiger partial charge on any atom is -0.186 e. The van der Waals surface area contributed by atoms with Gasteiger partial charge in [-0.05, 0) is 6.07 Å². The molecule has 0 amide bonds. The van der Waals surface area contributed by atoms with E-state index in [9.17, 15) is 0 Å². The third kappa shape index (κ3) is 1.67. The van der Waals surface area contributed by atoms with Crippen LogP contribution in [0.3, 0.4) is 0 Å². The first kappa shape index (κ1) is 9.66. The highest BCUT2D eigenvalue weighted by atomic mass is 32.1. The molecule has 0 fully saturated rings. The van der Waals surface area contributed by atoms with E-state index < -0.39 is 0 Å². The van der Waals surface area contributed by atoms with Gasteiger partial charge in [-0.1, -0.05) is 37.3 Å². The number of para-hydroxylation sites is 1. The number of rotatable bonds is 2. The summed E-state index contributed by atoms with van der Waals surface area (Å²) < 4.78 is 3.82. The van der Waals surface area contributed by atoms with Gasteiger partial charge in [0, 0.05) is 18.9 Å². The van der Waals surface area contributed by atoms with Crippen LogP contribution in [0.4, 0.5) is 0 Å². The summed E-state index contributed by atoms with van der Waals surface area (Å²) in [6.07, 6.45) is 0. The molecule has 0 aliphatic heterocycles. The maximum absolute atomic E-state index is 2.42. The lowest BCUT2D eigenvalue weighted by Crippen LogP contribution is -2.37. The van der Waals surface area contributed by atoms with Crippen LogP contribution >= 0.6 is 11.3 Å².